The van der Waals surface area contributed by atoms with Gasteiger partial charge in [0.2, 0.25) is 10.0 Å². The number of hydrogen-bond donors (Lipinski definition) is 0. The van der Waals surface area contributed by atoms with Gasteiger partial charge in [0, 0.05) is 25.2 Å². The summed E-state index contributed by atoms with van der Waals surface area (Å²) in [5.74, 6) is 0.284. The van der Waals surface area contributed by atoms with Crippen LogP contribution in [0.15, 0.2) is 66.6 Å². The minimum absolute atomic E-state index is 0.0865. The van der Waals surface area contributed by atoms with Crippen LogP contribution in [0.4, 0.5) is 5.13 Å². The van der Waals surface area contributed by atoms with Gasteiger partial charge in [-0.2, -0.15) is 4.31 Å². The Kier molecular flexibility index (Phi) is 9.86. The molecule has 8 nitrogen and oxygen atoms in total. The van der Waals surface area contributed by atoms with Crippen LogP contribution in [-0.4, -0.2) is 75.9 Å². The van der Waals surface area contributed by atoms with Gasteiger partial charge in [-0.05, 0) is 63.5 Å². The Labute approximate surface area is 227 Å². The van der Waals surface area contributed by atoms with E-state index in [4.69, 9.17) is 16.3 Å². The number of sulfonamides is 1. The highest BCUT2D eigenvalue weighted by Crippen LogP contribution is 2.39. The van der Waals surface area contributed by atoms with Crippen molar-refractivity contribution in [1.82, 2.24) is 14.2 Å². The third-order valence-electron chi connectivity index (χ3n) is 5.53. The number of methoxy groups -OCH3 is 1. The average molecular weight is 563 g/mol. The first-order chi connectivity index (χ1) is 17.6. The normalized spacial score (nSPS) is 11.7. The van der Waals surface area contributed by atoms with E-state index in [1.807, 2.05) is 19.0 Å². The van der Waals surface area contributed by atoms with Gasteiger partial charge in [0.15, 0.2) is 5.13 Å². The zero-order valence-electron chi connectivity index (χ0n) is 21.2. The lowest BCUT2D eigenvalue weighted by Crippen LogP contribution is -2.33. The molecule has 0 saturated heterocycles. The summed E-state index contributed by atoms with van der Waals surface area (Å²) >= 11 is 7.72. The van der Waals surface area contributed by atoms with Gasteiger partial charge in [-0.3, -0.25) is 9.69 Å². The van der Waals surface area contributed by atoms with Crippen LogP contribution in [0.1, 0.15) is 16.8 Å². The van der Waals surface area contributed by atoms with Crippen molar-refractivity contribution in [3.05, 3.63) is 72.3 Å². The number of ether oxygens (including phenoxy) is 1. The summed E-state index contributed by atoms with van der Waals surface area (Å²) in [7, 11) is 1.72. The molecule has 0 spiro atoms. The number of carbonyl (C=O) groups excluding carboxylic acids is 1. The summed E-state index contributed by atoms with van der Waals surface area (Å²) in [5.41, 5.74) is 0.937. The largest absolute Gasteiger partial charge is 0.494 e. The van der Waals surface area contributed by atoms with Gasteiger partial charge in [0.05, 0.1) is 21.7 Å². The van der Waals surface area contributed by atoms with E-state index >= 15 is 0 Å². The molecule has 198 valence electrons. The van der Waals surface area contributed by atoms with E-state index in [0.717, 1.165) is 11.2 Å². The second-order valence-corrected chi connectivity index (χ2v) is 11.8. The molecule has 0 unspecified atom stereocenters. The molecule has 0 fully saturated rings. The van der Waals surface area contributed by atoms with E-state index < -0.39 is 10.0 Å². The van der Waals surface area contributed by atoms with E-state index in [1.165, 1.54) is 52.1 Å². The molecule has 11 heteroatoms. The summed E-state index contributed by atoms with van der Waals surface area (Å²) in [6, 6.07) is 9.41. The van der Waals surface area contributed by atoms with Crippen LogP contribution in [-0.2, 0) is 10.0 Å². The van der Waals surface area contributed by atoms with Gasteiger partial charge in [0.1, 0.15) is 11.3 Å². The molecule has 3 rings (SSSR count). The van der Waals surface area contributed by atoms with E-state index in [1.54, 1.807) is 24.1 Å². The smallest absolute Gasteiger partial charge is 0.260 e. The molecule has 0 N–H and O–H groups in total. The standard InChI is InChI=1S/C26H31ClN4O4S2/c1-6-15-30(16-7-2)37(33,34)20-11-9-19(10-12-20)25(32)31(18-8-17-29(3)4)26-28-23-22(35-5)14-13-21(27)24(23)36-26/h6-7,9-14H,1-2,8,15-18H2,3-5H3. The second-order valence-electron chi connectivity index (χ2n) is 8.46. The molecule has 1 amide bonds. The van der Waals surface area contributed by atoms with Crippen LogP contribution in [0, 0.1) is 0 Å². The number of hydrogen-bond acceptors (Lipinski definition) is 7. The van der Waals surface area contributed by atoms with E-state index in [-0.39, 0.29) is 23.9 Å². The Morgan fingerprint density at radius 3 is 2.30 bits per heavy atom. The molecule has 0 saturated carbocycles. The molecule has 0 aliphatic heterocycles. The van der Waals surface area contributed by atoms with E-state index in [2.05, 4.69) is 18.1 Å². The van der Waals surface area contributed by atoms with Crippen molar-refractivity contribution in [3.63, 3.8) is 0 Å². The molecule has 0 bridgehead atoms. The Bertz CT molecular complexity index is 1360. The lowest BCUT2D eigenvalue weighted by Gasteiger charge is -2.22. The van der Waals surface area contributed by atoms with Gasteiger partial charge >= 0.3 is 0 Å². The van der Waals surface area contributed by atoms with Crippen molar-refractivity contribution in [2.24, 2.45) is 0 Å². The summed E-state index contributed by atoms with van der Waals surface area (Å²) in [6.07, 6.45) is 3.75. The molecule has 37 heavy (non-hydrogen) atoms. The molecule has 0 atom stereocenters. The Balaban J connectivity index is 1.97. The van der Waals surface area contributed by atoms with Gasteiger partial charge < -0.3 is 9.64 Å². The minimum Gasteiger partial charge on any atom is -0.494 e. The number of nitrogens with zero attached hydrogens (tertiary/aromatic N) is 4. The summed E-state index contributed by atoms with van der Waals surface area (Å²) in [6.45, 7) is 8.75. The van der Waals surface area contributed by atoms with Gasteiger partial charge in [-0.25, -0.2) is 13.4 Å². The highest BCUT2D eigenvalue weighted by atomic mass is 35.5. The highest BCUT2D eigenvalue weighted by Gasteiger charge is 2.26. The fourth-order valence-electron chi connectivity index (χ4n) is 3.68. The quantitative estimate of drug-likeness (QED) is 0.275. The second kappa shape index (κ2) is 12.7. The Morgan fingerprint density at radius 2 is 1.73 bits per heavy atom. The molecule has 1 heterocycles. The van der Waals surface area contributed by atoms with Crippen LogP contribution in [0.3, 0.4) is 0 Å². The SMILES string of the molecule is C=CCN(CC=C)S(=O)(=O)c1ccc(C(=O)N(CCCN(C)C)c2nc3c(OC)ccc(Cl)c3s2)cc1. The summed E-state index contributed by atoms with van der Waals surface area (Å²) < 4.78 is 33.5. The number of fused-ring (bicyclic) bond motifs is 1. The first kappa shape index (κ1) is 28.8. The molecule has 1 aromatic heterocycles. The number of aromatic nitrogens is 1. The lowest BCUT2D eigenvalue weighted by molar-refractivity contribution is 0.0986. The molecular formula is C26H31ClN4O4S2. The van der Waals surface area contributed by atoms with Crippen molar-refractivity contribution < 1.29 is 17.9 Å². The van der Waals surface area contributed by atoms with Gasteiger partial charge in [0.25, 0.3) is 5.91 Å². The zero-order valence-corrected chi connectivity index (χ0v) is 23.6. The number of rotatable bonds is 13. The van der Waals surface area contributed by atoms with Crippen LogP contribution >= 0.6 is 22.9 Å². The molecule has 2 aromatic carbocycles. The minimum atomic E-state index is -3.77. The molecule has 3 aromatic rings. The maximum Gasteiger partial charge on any atom is 0.260 e. The fourth-order valence-corrected chi connectivity index (χ4v) is 6.35. The maximum atomic E-state index is 13.7. The van der Waals surface area contributed by atoms with Crippen molar-refractivity contribution in [1.29, 1.82) is 0 Å². The first-order valence-electron chi connectivity index (χ1n) is 11.6. The Morgan fingerprint density at radius 1 is 1.08 bits per heavy atom. The Hall–Kier alpha value is -2.76. The van der Waals surface area contributed by atoms with Crippen LogP contribution in [0.5, 0.6) is 5.75 Å². The molecule has 0 aliphatic carbocycles. The maximum absolute atomic E-state index is 13.7. The number of amides is 1. The third-order valence-corrected chi connectivity index (χ3v) is 8.92. The van der Waals surface area contributed by atoms with Gasteiger partial charge in [-0.1, -0.05) is 35.1 Å². The highest BCUT2D eigenvalue weighted by molar-refractivity contribution is 7.89. The monoisotopic (exact) mass is 562 g/mol. The van der Waals surface area contributed by atoms with Crippen molar-refractivity contribution in [2.45, 2.75) is 11.3 Å². The predicted octanol–water partition coefficient (Wildman–Crippen LogP) is 4.92. The summed E-state index contributed by atoms with van der Waals surface area (Å²) in [4.78, 5) is 22.1. The number of halogens is 1. The average Bonchev–Trinajstić information content (AvgIpc) is 3.32. The number of thiazole rings is 1. The van der Waals surface area contributed by atoms with Crippen LogP contribution < -0.4 is 9.64 Å². The molecule has 0 aliphatic rings. The number of benzene rings is 2. The van der Waals surface area contributed by atoms with E-state index in [0.29, 0.717) is 39.9 Å². The summed E-state index contributed by atoms with van der Waals surface area (Å²) in [5, 5.41) is 1.02. The van der Waals surface area contributed by atoms with Crippen molar-refractivity contribution >= 4 is 54.2 Å². The third kappa shape index (κ3) is 6.58. The molecular weight excluding hydrogens is 532 g/mol. The number of carbonyl (C=O) groups is 1. The fraction of sp³-hybridized carbons (Fsp3) is 0.308. The predicted molar refractivity (Wildman–Crippen MR) is 152 cm³/mol. The first-order valence-corrected chi connectivity index (χ1v) is 14.2. The van der Waals surface area contributed by atoms with Crippen molar-refractivity contribution in [3.8, 4) is 5.75 Å². The number of anilines is 1. The zero-order chi connectivity index (χ0) is 27.2. The molecule has 0 radical (unpaired) electrons. The topological polar surface area (TPSA) is 83.1 Å². The van der Waals surface area contributed by atoms with Gasteiger partial charge in [-0.15, -0.1) is 13.2 Å². The van der Waals surface area contributed by atoms with Crippen LogP contribution in [0.25, 0.3) is 10.2 Å². The van der Waals surface area contributed by atoms with Crippen molar-refractivity contribution in [2.75, 3.05) is 52.3 Å². The van der Waals surface area contributed by atoms with Crippen LogP contribution in [0.2, 0.25) is 5.02 Å². The van der Waals surface area contributed by atoms with E-state index in [9.17, 15) is 13.2 Å². The lowest BCUT2D eigenvalue weighted by atomic mass is 10.2.